The van der Waals surface area contributed by atoms with Crippen LogP contribution in [0.2, 0.25) is 0 Å². The average molecular weight is 827 g/mol. The van der Waals surface area contributed by atoms with Crippen LogP contribution < -0.4 is 38.1 Å². The minimum atomic E-state index is -5.44. The minimum Gasteiger partial charge on any atom is -0.480 e. The largest absolute Gasteiger partial charge is 0.490 e. The standard InChI is InChI=1S/C35H61F3N8O11/c1-11-18(6)22(28(50)45-23(30(52)53)19(7)56-31(54)35(36,37)38)44-26(48)20(13-12-14-41-32(39)40)42-27(49)21(15-16(2)3)43-29(51)24(25(47)17(4)5)46-33(55)57-34(8,9)10/h16-25,47H,11-15H2,1-10H3,(H,42,49)(H,43,51)(H,44,48)(H,45,50)(H,46,55)(H,52,53)(H4,39,40,41)/t18-,19-,20+,21-,22-,23-,24-,25+/m0/s1. The maximum absolute atomic E-state index is 13.9. The normalized spacial score (nSPS) is 16.0. The van der Waals surface area contributed by atoms with Gasteiger partial charge in [-0.05, 0) is 64.7 Å². The van der Waals surface area contributed by atoms with Gasteiger partial charge >= 0.3 is 24.2 Å². The Hall–Kier alpha value is -4.89. The number of rotatable bonds is 22. The molecule has 0 radical (unpaired) electrons. The van der Waals surface area contributed by atoms with Crippen LogP contribution in [0.5, 0.6) is 0 Å². The van der Waals surface area contributed by atoms with Crippen molar-refractivity contribution in [3.05, 3.63) is 0 Å². The van der Waals surface area contributed by atoms with E-state index in [1.807, 2.05) is 5.32 Å². The summed E-state index contributed by atoms with van der Waals surface area (Å²) in [6.07, 6.45) is -9.66. The molecular weight excluding hydrogens is 765 g/mol. The van der Waals surface area contributed by atoms with E-state index in [1.165, 1.54) is 6.92 Å². The van der Waals surface area contributed by atoms with Crippen molar-refractivity contribution >= 4 is 47.6 Å². The van der Waals surface area contributed by atoms with Crippen molar-refractivity contribution < 1.29 is 66.4 Å². The van der Waals surface area contributed by atoms with E-state index in [1.54, 1.807) is 55.4 Å². The zero-order chi connectivity index (χ0) is 44.6. The number of carboxylic acid groups (broad SMARTS) is 1. The molecule has 0 aromatic heterocycles. The maximum Gasteiger partial charge on any atom is 0.490 e. The van der Waals surface area contributed by atoms with Crippen LogP contribution in [0.4, 0.5) is 18.0 Å². The van der Waals surface area contributed by atoms with Crippen molar-refractivity contribution in [1.29, 1.82) is 0 Å². The second kappa shape index (κ2) is 23.4. The molecule has 0 aromatic rings. The molecule has 0 aliphatic heterocycles. The lowest BCUT2D eigenvalue weighted by atomic mass is 9.96. The summed E-state index contributed by atoms with van der Waals surface area (Å²) in [5.41, 5.74) is 9.86. The Morgan fingerprint density at radius 1 is 0.754 bits per heavy atom. The summed E-state index contributed by atoms with van der Waals surface area (Å²) in [6, 6.07) is -8.01. The summed E-state index contributed by atoms with van der Waals surface area (Å²) in [7, 11) is 0. The number of aliphatic hydroxyl groups is 1. The topological polar surface area (TPSA) is 303 Å². The van der Waals surface area contributed by atoms with Gasteiger partial charge in [-0.3, -0.25) is 24.2 Å². The summed E-state index contributed by atoms with van der Waals surface area (Å²) in [6.45, 7) is 15.5. The van der Waals surface area contributed by atoms with Crippen molar-refractivity contribution in [1.82, 2.24) is 26.6 Å². The quantitative estimate of drug-likeness (QED) is 0.0312. The van der Waals surface area contributed by atoms with Crippen molar-refractivity contribution in [3.8, 4) is 0 Å². The van der Waals surface area contributed by atoms with Gasteiger partial charge < -0.3 is 57.7 Å². The predicted octanol–water partition coefficient (Wildman–Crippen LogP) is 0.560. The fraction of sp³-hybridized carbons (Fsp3) is 0.771. The fourth-order valence-electron chi connectivity index (χ4n) is 5.02. The van der Waals surface area contributed by atoms with Crippen LogP contribution in [0.3, 0.4) is 0 Å². The number of nitrogens with one attached hydrogen (secondary N) is 5. The highest BCUT2D eigenvalue weighted by molar-refractivity contribution is 5.96. The molecule has 0 aliphatic carbocycles. The molecule has 328 valence electrons. The molecule has 0 unspecified atom stereocenters. The van der Waals surface area contributed by atoms with Crippen LogP contribution in [0.15, 0.2) is 4.99 Å². The number of carbonyl (C=O) groups is 7. The number of alkyl carbamates (subject to hydrolysis) is 1. The van der Waals surface area contributed by atoms with Crippen LogP contribution in [-0.2, 0) is 38.2 Å². The molecule has 0 bridgehead atoms. The molecule has 0 saturated heterocycles. The molecule has 11 N–H and O–H groups in total. The van der Waals surface area contributed by atoms with Gasteiger partial charge in [0.15, 0.2) is 12.0 Å². The Labute approximate surface area is 330 Å². The Morgan fingerprint density at radius 3 is 1.72 bits per heavy atom. The number of hydrogen-bond donors (Lipinski definition) is 9. The van der Waals surface area contributed by atoms with Gasteiger partial charge in [-0.15, -0.1) is 0 Å². The molecule has 0 fully saturated rings. The third kappa shape index (κ3) is 19.7. The second-order valence-corrected chi connectivity index (χ2v) is 15.4. The molecular formula is C35H61F3N8O11. The van der Waals surface area contributed by atoms with Gasteiger partial charge in [0.25, 0.3) is 0 Å². The number of aliphatic carboxylic acids is 1. The lowest BCUT2D eigenvalue weighted by Gasteiger charge is -2.31. The zero-order valence-electron chi connectivity index (χ0n) is 34.1. The molecule has 0 heterocycles. The first-order valence-electron chi connectivity index (χ1n) is 18.5. The third-order valence-corrected chi connectivity index (χ3v) is 8.25. The summed E-state index contributed by atoms with van der Waals surface area (Å²) >= 11 is 0. The van der Waals surface area contributed by atoms with E-state index in [-0.39, 0.29) is 44.1 Å². The number of amides is 5. The highest BCUT2D eigenvalue weighted by atomic mass is 19.4. The number of halogens is 3. The molecule has 0 spiro atoms. The van der Waals surface area contributed by atoms with Gasteiger partial charge in [0, 0.05) is 6.54 Å². The Kier molecular flexibility index (Phi) is 21.4. The van der Waals surface area contributed by atoms with Gasteiger partial charge in [-0.25, -0.2) is 14.4 Å². The first-order valence-corrected chi connectivity index (χ1v) is 18.5. The molecule has 5 amide bonds. The molecule has 19 nitrogen and oxygen atoms in total. The van der Waals surface area contributed by atoms with Crippen molar-refractivity contribution in [2.75, 3.05) is 6.54 Å². The van der Waals surface area contributed by atoms with Crippen LogP contribution >= 0.6 is 0 Å². The van der Waals surface area contributed by atoms with E-state index in [9.17, 15) is 56.9 Å². The van der Waals surface area contributed by atoms with E-state index >= 15 is 0 Å². The zero-order valence-corrected chi connectivity index (χ0v) is 34.1. The number of carboxylic acids is 1. The number of aliphatic imine (C=N–C) groups is 1. The molecule has 0 saturated carbocycles. The SMILES string of the molecule is CC[C@H](C)[C@H](NC(=O)[C@@H](CCCN=C(N)N)NC(=O)[C@H](CC(C)C)NC(=O)[C@@H](NC(=O)OC(C)(C)C)[C@H](O)C(C)C)C(=O)N[C@H](C(=O)O)[C@H](C)OC(=O)C(F)(F)F. The van der Waals surface area contributed by atoms with E-state index in [4.69, 9.17) is 16.2 Å². The van der Waals surface area contributed by atoms with Crippen molar-refractivity contribution in [3.63, 3.8) is 0 Å². The van der Waals surface area contributed by atoms with Crippen molar-refractivity contribution in [2.24, 2.45) is 34.2 Å². The van der Waals surface area contributed by atoms with E-state index in [0.29, 0.717) is 0 Å². The van der Waals surface area contributed by atoms with Gasteiger partial charge in [0.05, 0.1) is 6.10 Å². The van der Waals surface area contributed by atoms with Crippen LogP contribution in [0.1, 0.15) is 94.9 Å². The number of ether oxygens (including phenoxy) is 2. The Bertz CT molecular complexity index is 1420. The minimum absolute atomic E-state index is 0.00332. The summed E-state index contributed by atoms with van der Waals surface area (Å²) < 4.78 is 47.8. The number of alkyl halides is 3. The molecule has 22 heteroatoms. The smallest absolute Gasteiger partial charge is 0.480 e. The van der Waals surface area contributed by atoms with E-state index < -0.39 is 108 Å². The molecule has 8 atom stereocenters. The van der Waals surface area contributed by atoms with Gasteiger partial charge in [0.1, 0.15) is 35.9 Å². The fourth-order valence-corrected chi connectivity index (χ4v) is 5.02. The number of carbonyl (C=O) groups excluding carboxylic acids is 6. The molecule has 0 aromatic carbocycles. The summed E-state index contributed by atoms with van der Waals surface area (Å²) in [5, 5.41) is 32.4. The van der Waals surface area contributed by atoms with Crippen LogP contribution in [0.25, 0.3) is 0 Å². The predicted molar refractivity (Wildman–Crippen MR) is 200 cm³/mol. The molecule has 0 rings (SSSR count). The van der Waals surface area contributed by atoms with Gasteiger partial charge in [0.2, 0.25) is 23.6 Å². The lowest BCUT2D eigenvalue weighted by molar-refractivity contribution is -0.205. The average Bonchev–Trinajstić information content (AvgIpc) is 3.06. The number of nitrogens with zero attached hydrogens (tertiary/aromatic N) is 1. The number of esters is 1. The lowest BCUT2D eigenvalue weighted by Crippen LogP contribution is -2.61. The van der Waals surface area contributed by atoms with Gasteiger partial charge in [-0.1, -0.05) is 48.0 Å². The highest BCUT2D eigenvalue weighted by Gasteiger charge is 2.44. The number of nitrogens with two attached hydrogens (primary N) is 2. The van der Waals surface area contributed by atoms with E-state index in [0.717, 1.165) is 6.92 Å². The summed E-state index contributed by atoms with van der Waals surface area (Å²) in [5.74, 6) is -10.2. The Balaban J connectivity index is 6.58. The van der Waals surface area contributed by atoms with Crippen molar-refractivity contribution in [2.45, 2.75) is 149 Å². The van der Waals surface area contributed by atoms with Crippen LogP contribution in [0, 0.1) is 17.8 Å². The maximum atomic E-state index is 13.9. The number of aliphatic hydroxyl groups excluding tert-OH is 1. The first kappa shape index (κ1) is 52.1. The third-order valence-electron chi connectivity index (χ3n) is 8.25. The number of hydrogen-bond acceptors (Lipinski definition) is 11. The Morgan fingerprint density at radius 2 is 1.26 bits per heavy atom. The molecule has 0 aliphatic rings. The molecule has 57 heavy (non-hydrogen) atoms. The van der Waals surface area contributed by atoms with Gasteiger partial charge in [-0.2, -0.15) is 13.2 Å². The van der Waals surface area contributed by atoms with E-state index in [2.05, 4.69) is 31.0 Å². The summed E-state index contributed by atoms with van der Waals surface area (Å²) in [4.78, 5) is 94.5. The number of guanidine groups is 1. The monoisotopic (exact) mass is 826 g/mol. The second-order valence-electron chi connectivity index (χ2n) is 15.4. The highest BCUT2D eigenvalue weighted by Crippen LogP contribution is 2.19. The first-order chi connectivity index (χ1) is 26.0. The van der Waals surface area contributed by atoms with Crippen LogP contribution in [-0.4, -0.2) is 119 Å².